The van der Waals surface area contributed by atoms with Crippen LogP contribution in [0.25, 0.3) is 0 Å². The van der Waals surface area contributed by atoms with Crippen molar-refractivity contribution in [2.75, 3.05) is 12.3 Å². The lowest BCUT2D eigenvalue weighted by Gasteiger charge is -2.05. The summed E-state index contributed by atoms with van der Waals surface area (Å²) in [5.74, 6) is 0. The highest BCUT2D eigenvalue weighted by atomic mass is 32.0. The summed E-state index contributed by atoms with van der Waals surface area (Å²) in [5.41, 5.74) is 0. The molecule has 0 rings (SSSR count). The quantitative estimate of drug-likeness (QED) is 0.0422. The summed E-state index contributed by atoms with van der Waals surface area (Å²) >= 11 is 0. The van der Waals surface area contributed by atoms with Crippen LogP contribution in [0.5, 0.6) is 0 Å². The van der Waals surface area contributed by atoms with Crippen molar-refractivity contribution in [2.24, 2.45) is 0 Å². The maximum absolute atomic E-state index is 2.31. The maximum Gasteiger partial charge on any atom is -0.0317 e. The van der Waals surface area contributed by atoms with E-state index >= 15 is 0 Å². The van der Waals surface area contributed by atoms with Gasteiger partial charge < -0.3 is 0 Å². The molecule has 0 aromatic rings. The van der Waals surface area contributed by atoms with E-state index in [4.69, 9.17) is 0 Å². The van der Waals surface area contributed by atoms with Crippen LogP contribution in [0.3, 0.4) is 0 Å². The van der Waals surface area contributed by atoms with Gasteiger partial charge in [0.2, 0.25) is 0 Å². The molecule has 0 saturated heterocycles. The Kier molecular flexibility index (Phi) is 58.7. The maximum atomic E-state index is 2.31. The lowest BCUT2D eigenvalue weighted by atomic mass is 10.0. The van der Waals surface area contributed by atoms with E-state index in [-0.39, 0.29) is 0 Å². The molecule has 0 aromatic carbocycles. The van der Waals surface area contributed by atoms with E-state index in [9.17, 15) is 0 Å². The van der Waals surface area contributed by atoms with Gasteiger partial charge in [0.1, 0.15) is 0 Å². The Balaban J connectivity index is 3.05. The van der Waals surface area contributed by atoms with Crippen LogP contribution in [0.1, 0.15) is 348 Å². The van der Waals surface area contributed by atoms with Gasteiger partial charge in [0.05, 0.1) is 0 Å². The fourth-order valence-corrected chi connectivity index (χ4v) is 12.6. The van der Waals surface area contributed by atoms with E-state index in [1.165, 1.54) is 363 Å². The summed E-state index contributed by atoms with van der Waals surface area (Å²) in [4.78, 5) is 0. The molecule has 2 heteroatoms. The van der Waals surface area contributed by atoms with Gasteiger partial charge in [-0.2, -0.15) is 0 Å². The third-order valence-electron chi connectivity index (χ3n) is 13.4. The van der Waals surface area contributed by atoms with Crippen LogP contribution >= 0.6 is 16.5 Å². The monoisotopic (exact) mass is 851 g/mol. The van der Waals surface area contributed by atoms with Gasteiger partial charge in [-0.1, -0.05) is 351 Å². The van der Waals surface area contributed by atoms with Crippen molar-refractivity contribution in [3.05, 3.63) is 0 Å². The first-order valence-electron chi connectivity index (χ1n) is 28.4. The molecule has 0 aliphatic rings. The van der Waals surface area contributed by atoms with Crippen LogP contribution < -0.4 is 0 Å². The van der Waals surface area contributed by atoms with Crippen molar-refractivity contribution in [3.63, 3.8) is 0 Å². The highest BCUT2D eigenvalue weighted by molar-refractivity contribution is 8.11. The minimum atomic E-state index is 1.28. The Morgan fingerprint density at radius 3 is 0.362 bits per heavy atom. The van der Waals surface area contributed by atoms with Gasteiger partial charge in [0, 0.05) is 0 Å². The van der Waals surface area contributed by atoms with Crippen LogP contribution in [-0.2, 0) is 0 Å². The summed E-state index contributed by atoms with van der Waals surface area (Å²) in [7, 11) is 2.56. The number of hydrogen-bond donors (Lipinski definition) is 0. The molecule has 2 unspecified atom stereocenters. The van der Waals surface area contributed by atoms with Gasteiger partial charge in [-0.05, 0) is 25.2 Å². The molecule has 2 atom stereocenters. The largest absolute Gasteiger partial charge is 0.0992 e. The first-order chi connectivity index (χ1) is 28.9. The first-order valence-corrected chi connectivity index (χ1v) is 31.8. The third kappa shape index (κ3) is 56.9. The fraction of sp³-hybridized carbons (Fsp3) is 1.00. The summed E-state index contributed by atoms with van der Waals surface area (Å²) in [6.45, 7) is 4.63. The Hall–Kier alpha value is 0.860. The molecule has 0 amide bonds. The zero-order chi connectivity index (χ0) is 41.6. The molecule has 0 N–H and O–H groups in total. The smallest absolute Gasteiger partial charge is 0.0317 e. The number of rotatable bonds is 55. The molecule has 0 aliphatic heterocycles. The summed E-state index contributed by atoms with van der Waals surface area (Å²) in [6.07, 6.45) is 80.6. The van der Waals surface area contributed by atoms with E-state index in [1.807, 2.05) is 0 Å². The fourth-order valence-electron chi connectivity index (χ4n) is 9.24. The van der Waals surface area contributed by atoms with Crippen molar-refractivity contribution < 1.29 is 0 Å². The van der Waals surface area contributed by atoms with Crippen molar-refractivity contribution in [1.82, 2.24) is 0 Å². The second-order valence-electron chi connectivity index (χ2n) is 19.5. The standard InChI is InChI=1S/C56H116P2/c1-3-5-7-9-11-13-15-17-19-21-23-25-27-29-31-33-35-37-39-41-43-45-47-49-51-53-55-57-58-56-54-52-50-48-46-44-42-40-38-36-34-32-30-28-26-24-22-20-18-16-14-12-10-8-6-4-2/h57-58H,3-56H2,1-2H3. The average Bonchev–Trinajstić information content (AvgIpc) is 3.23. The summed E-state index contributed by atoms with van der Waals surface area (Å²) in [5, 5.41) is 0. The van der Waals surface area contributed by atoms with Crippen LogP contribution in [0.15, 0.2) is 0 Å². The van der Waals surface area contributed by atoms with Gasteiger partial charge in [-0.3, -0.25) is 0 Å². The van der Waals surface area contributed by atoms with Crippen LogP contribution in [0.4, 0.5) is 0 Å². The topological polar surface area (TPSA) is 0 Å². The highest BCUT2D eigenvalue weighted by Crippen LogP contribution is 2.38. The lowest BCUT2D eigenvalue weighted by Crippen LogP contribution is -1.85. The second-order valence-corrected chi connectivity index (χ2v) is 23.4. The molecule has 0 nitrogen and oxygen atoms in total. The Labute approximate surface area is 375 Å². The second kappa shape index (κ2) is 57.9. The molecule has 0 heterocycles. The molecule has 350 valence electrons. The van der Waals surface area contributed by atoms with Crippen LogP contribution in [-0.4, -0.2) is 12.3 Å². The van der Waals surface area contributed by atoms with Crippen molar-refractivity contribution in [1.29, 1.82) is 0 Å². The molecule has 0 bridgehead atoms. The van der Waals surface area contributed by atoms with E-state index in [2.05, 4.69) is 13.8 Å². The van der Waals surface area contributed by atoms with Crippen molar-refractivity contribution >= 4 is 16.5 Å². The molecule has 0 radical (unpaired) electrons. The Bertz CT molecular complexity index is 607. The first kappa shape index (κ1) is 58.9. The van der Waals surface area contributed by atoms with Gasteiger partial charge in [0.15, 0.2) is 0 Å². The molecule has 0 aliphatic carbocycles. The SMILES string of the molecule is CCCCCCCCCCCCCCCCCCCCCCCCCCCCPPCCCCCCCCCCCCCCCCCCCCCCCCCCCC. The van der Waals surface area contributed by atoms with E-state index in [0.29, 0.717) is 0 Å². The lowest BCUT2D eigenvalue weighted by molar-refractivity contribution is 0.516. The minimum Gasteiger partial charge on any atom is -0.0992 e. The molecular weight excluding hydrogens is 735 g/mol. The molecule has 0 spiro atoms. The minimum absolute atomic E-state index is 1.28. The molecule has 0 saturated carbocycles. The molecular formula is C56H116P2. The van der Waals surface area contributed by atoms with Crippen LogP contribution in [0.2, 0.25) is 0 Å². The predicted octanol–water partition coefficient (Wildman–Crippen LogP) is 22.6. The van der Waals surface area contributed by atoms with Gasteiger partial charge in [-0.25, -0.2) is 0 Å². The van der Waals surface area contributed by atoms with Crippen molar-refractivity contribution in [2.45, 2.75) is 348 Å². The normalized spacial score (nSPS) is 12.1. The third-order valence-corrected chi connectivity index (χ3v) is 17.1. The average molecular weight is 851 g/mol. The zero-order valence-electron chi connectivity index (χ0n) is 41.2. The highest BCUT2D eigenvalue weighted by Gasteiger charge is 1.99. The van der Waals surface area contributed by atoms with E-state index in [0.717, 1.165) is 0 Å². The molecule has 0 aromatic heterocycles. The van der Waals surface area contributed by atoms with Gasteiger partial charge >= 0.3 is 0 Å². The number of unbranched alkanes of at least 4 members (excludes halogenated alkanes) is 50. The Morgan fingerprint density at radius 2 is 0.241 bits per heavy atom. The summed E-state index contributed by atoms with van der Waals surface area (Å²) < 4.78 is 0. The van der Waals surface area contributed by atoms with Crippen LogP contribution in [0, 0.1) is 0 Å². The summed E-state index contributed by atoms with van der Waals surface area (Å²) in [6, 6.07) is 0. The molecule has 0 fully saturated rings. The predicted molar refractivity (Wildman–Crippen MR) is 278 cm³/mol. The van der Waals surface area contributed by atoms with Gasteiger partial charge in [-0.15, -0.1) is 0 Å². The van der Waals surface area contributed by atoms with Crippen molar-refractivity contribution in [3.8, 4) is 0 Å². The zero-order valence-corrected chi connectivity index (χ0v) is 43.2. The Morgan fingerprint density at radius 1 is 0.138 bits per heavy atom. The number of hydrogen-bond acceptors (Lipinski definition) is 0. The van der Waals surface area contributed by atoms with E-state index in [1.54, 1.807) is 0 Å². The van der Waals surface area contributed by atoms with Gasteiger partial charge in [0.25, 0.3) is 0 Å². The van der Waals surface area contributed by atoms with E-state index < -0.39 is 0 Å². The molecule has 58 heavy (non-hydrogen) atoms.